The van der Waals surface area contributed by atoms with Gasteiger partial charge in [-0.05, 0) is 67.4 Å². The minimum Gasteiger partial charge on any atom is -0.338 e. The van der Waals surface area contributed by atoms with Crippen molar-refractivity contribution in [3.8, 4) is 0 Å². The number of carbonyl (C=O) groups is 1. The number of nitrogens with zero attached hydrogens (tertiary/aromatic N) is 2. The van der Waals surface area contributed by atoms with E-state index in [1.807, 2.05) is 23.1 Å². The van der Waals surface area contributed by atoms with Crippen LogP contribution < -0.4 is 0 Å². The molecule has 3 nitrogen and oxygen atoms in total. The van der Waals surface area contributed by atoms with Crippen molar-refractivity contribution in [1.82, 2.24) is 9.80 Å². The average Bonchev–Trinajstić information content (AvgIpc) is 2.69. The molecule has 0 bridgehead atoms. The second-order valence-corrected chi connectivity index (χ2v) is 9.35. The Hall–Kier alpha value is -1.52. The molecule has 152 valence electrons. The summed E-state index contributed by atoms with van der Waals surface area (Å²) >= 11 is 17.9. The lowest BCUT2D eigenvalue weighted by Gasteiger charge is -2.53. The van der Waals surface area contributed by atoms with Gasteiger partial charge >= 0.3 is 0 Å². The molecular formula is C23H23Cl3N2O. The highest BCUT2D eigenvalue weighted by atomic mass is 35.5. The highest BCUT2D eigenvalue weighted by molar-refractivity contribution is 6.42. The highest BCUT2D eigenvalue weighted by Crippen LogP contribution is 2.40. The number of carbonyl (C=O) groups excluding carboxylic acids is 1. The average molecular weight is 450 g/mol. The SMILES string of the molecule is O=C(C=Cc1ccc(Cl)c(Cl)c1)N1CC2(CCN(Cc3ccc(Cl)cc3)CC2)C1. The summed E-state index contributed by atoms with van der Waals surface area (Å²) in [5.41, 5.74) is 2.46. The van der Waals surface area contributed by atoms with Gasteiger partial charge in [-0.2, -0.15) is 0 Å². The monoisotopic (exact) mass is 448 g/mol. The Morgan fingerprint density at radius 2 is 1.66 bits per heavy atom. The van der Waals surface area contributed by atoms with E-state index in [1.165, 1.54) is 5.56 Å². The van der Waals surface area contributed by atoms with E-state index in [4.69, 9.17) is 34.8 Å². The third-order valence-electron chi connectivity index (χ3n) is 5.96. The Morgan fingerprint density at radius 3 is 2.31 bits per heavy atom. The van der Waals surface area contributed by atoms with Crippen molar-refractivity contribution in [3.63, 3.8) is 0 Å². The molecule has 0 aromatic heterocycles. The van der Waals surface area contributed by atoms with Crippen LogP contribution in [0.2, 0.25) is 15.1 Å². The predicted octanol–water partition coefficient (Wildman–Crippen LogP) is 5.78. The van der Waals surface area contributed by atoms with Gasteiger partial charge in [-0.1, -0.05) is 53.0 Å². The first-order valence-corrected chi connectivity index (χ1v) is 10.9. The Labute approximate surface area is 186 Å². The lowest BCUT2D eigenvalue weighted by atomic mass is 9.72. The van der Waals surface area contributed by atoms with Crippen LogP contribution in [-0.2, 0) is 11.3 Å². The molecule has 0 N–H and O–H groups in total. The van der Waals surface area contributed by atoms with Crippen molar-refractivity contribution < 1.29 is 4.79 Å². The fraction of sp³-hybridized carbons (Fsp3) is 0.348. The van der Waals surface area contributed by atoms with Crippen LogP contribution in [0, 0.1) is 5.41 Å². The molecule has 2 aliphatic rings. The fourth-order valence-corrected chi connectivity index (χ4v) is 4.59. The second-order valence-electron chi connectivity index (χ2n) is 8.10. The number of amides is 1. The molecular weight excluding hydrogens is 427 g/mol. The van der Waals surface area contributed by atoms with Crippen molar-refractivity contribution in [2.75, 3.05) is 26.2 Å². The van der Waals surface area contributed by atoms with E-state index in [2.05, 4.69) is 17.0 Å². The summed E-state index contributed by atoms with van der Waals surface area (Å²) in [4.78, 5) is 16.9. The highest BCUT2D eigenvalue weighted by Gasteiger charge is 2.46. The summed E-state index contributed by atoms with van der Waals surface area (Å²) in [5, 5.41) is 1.79. The van der Waals surface area contributed by atoms with Crippen molar-refractivity contribution in [3.05, 3.63) is 74.7 Å². The van der Waals surface area contributed by atoms with E-state index < -0.39 is 0 Å². The van der Waals surface area contributed by atoms with Gasteiger partial charge < -0.3 is 4.90 Å². The molecule has 0 unspecified atom stereocenters. The van der Waals surface area contributed by atoms with Gasteiger partial charge in [0, 0.05) is 36.1 Å². The zero-order chi connectivity index (χ0) is 20.4. The topological polar surface area (TPSA) is 23.6 Å². The summed E-state index contributed by atoms with van der Waals surface area (Å²) in [6.07, 6.45) is 5.70. The third-order valence-corrected chi connectivity index (χ3v) is 6.95. The summed E-state index contributed by atoms with van der Waals surface area (Å²) in [7, 11) is 0. The lowest BCUT2D eigenvalue weighted by molar-refractivity contribution is -0.141. The number of piperidine rings is 1. The van der Waals surface area contributed by atoms with Gasteiger partial charge in [0.25, 0.3) is 0 Å². The molecule has 1 spiro atoms. The smallest absolute Gasteiger partial charge is 0.246 e. The molecule has 4 rings (SSSR count). The van der Waals surface area contributed by atoms with E-state index >= 15 is 0 Å². The van der Waals surface area contributed by atoms with Crippen molar-refractivity contribution >= 4 is 46.8 Å². The van der Waals surface area contributed by atoms with Crippen LogP contribution in [0.5, 0.6) is 0 Å². The van der Waals surface area contributed by atoms with Gasteiger partial charge in [0.05, 0.1) is 10.0 Å². The number of hydrogen-bond donors (Lipinski definition) is 0. The maximum absolute atomic E-state index is 12.5. The minimum atomic E-state index is 0.0605. The van der Waals surface area contributed by atoms with E-state index in [1.54, 1.807) is 24.3 Å². The molecule has 2 fully saturated rings. The molecule has 1 amide bonds. The van der Waals surface area contributed by atoms with Gasteiger partial charge in [0.1, 0.15) is 0 Å². The largest absolute Gasteiger partial charge is 0.338 e. The Kier molecular flexibility index (Phi) is 6.21. The van der Waals surface area contributed by atoms with Crippen LogP contribution in [-0.4, -0.2) is 41.9 Å². The second kappa shape index (κ2) is 8.69. The quantitative estimate of drug-likeness (QED) is 0.552. The molecule has 0 atom stereocenters. The maximum Gasteiger partial charge on any atom is 0.246 e. The fourth-order valence-electron chi connectivity index (χ4n) is 4.16. The molecule has 2 aromatic rings. The van der Waals surface area contributed by atoms with Crippen LogP contribution in [0.4, 0.5) is 0 Å². The standard InChI is InChI=1S/C23H23Cl3N2O/c24-19-5-1-18(2-6-19)14-27-11-9-23(10-12-27)15-28(16-23)22(29)8-4-17-3-7-20(25)21(26)13-17/h1-8,13H,9-12,14-16H2. The molecule has 0 aliphatic carbocycles. The molecule has 6 heteroatoms. The van der Waals surface area contributed by atoms with Crippen LogP contribution in [0.3, 0.4) is 0 Å². The van der Waals surface area contributed by atoms with E-state index in [0.29, 0.717) is 15.5 Å². The van der Waals surface area contributed by atoms with E-state index in [9.17, 15) is 4.79 Å². The Morgan fingerprint density at radius 1 is 0.966 bits per heavy atom. The summed E-state index contributed by atoms with van der Waals surface area (Å²) in [6, 6.07) is 13.4. The van der Waals surface area contributed by atoms with Crippen molar-refractivity contribution in [2.24, 2.45) is 5.41 Å². The van der Waals surface area contributed by atoms with Crippen LogP contribution >= 0.6 is 34.8 Å². The first-order valence-electron chi connectivity index (χ1n) is 9.81. The summed E-state index contributed by atoms with van der Waals surface area (Å²) < 4.78 is 0. The number of rotatable bonds is 4. The summed E-state index contributed by atoms with van der Waals surface area (Å²) in [6.45, 7) is 4.81. The normalized spacial score (nSPS) is 18.9. The first-order chi connectivity index (χ1) is 13.9. The van der Waals surface area contributed by atoms with Crippen molar-refractivity contribution in [1.29, 1.82) is 0 Å². The van der Waals surface area contributed by atoms with Gasteiger partial charge in [0.15, 0.2) is 0 Å². The minimum absolute atomic E-state index is 0.0605. The molecule has 2 heterocycles. The van der Waals surface area contributed by atoms with E-state index in [-0.39, 0.29) is 5.91 Å². The maximum atomic E-state index is 12.5. The van der Waals surface area contributed by atoms with Gasteiger partial charge in [-0.3, -0.25) is 9.69 Å². The Bertz CT molecular complexity index is 910. The van der Waals surface area contributed by atoms with E-state index in [0.717, 1.165) is 56.2 Å². The molecule has 0 radical (unpaired) electrons. The molecule has 29 heavy (non-hydrogen) atoms. The first kappa shape index (κ1) is 20.7. The molecule has 2 aromatic carbocycles. The number of benzene rings is 2. The number of hydrogen-bond acceptors (Lipinski definition) is 2. The molecule has 2 aliphatic heterocycles. The zero-order valence-corrected chi connectivity index (χ0v) is 18.4. The number of halogens is 3. The van der Waals surface area contributed by atoms with Gasteiger partial charge in [-0.25, -0.2) is 0 Å². The zero-order valence-electron chi connectivity index (χ0n) is 16.1. The predicted molar refractivity (Wildman–Crippen MR) is 120 cm³/mol. The Balaban J connectivity index is 1.25. The summed E-state index contributed by atoms with van der Waals surface area (Å²) in [5.74, 6) is 0.0605. The molecule has 0 saturated carbocycles. The number of likely N-dealkylation sites (tertiary alicyclic amines) is 2. The third kappa shape index (κ3) is 4.97. The van der Waals surface area contributed by atoms with Gasteiger partial charge in [0.2, 0.25) is 5.91 Å². The van der Waals surface area contributed by atoms with Crippen molar-refractivity contribution in [2.45, 2.75) is 19.4 Å². The molecule has 2 saturated heterocycles. The lowest BCUT2D eigenvalue weighted by Crippen LogP contribution is -2.61. The van der Waals surface area contributed by atoms with Crippen LogP contribution in [0.15, 0.2) is 48.5 Å². The van der Waals surface area contributed by atoms with Crippen LogP contribution in [0.25, 0.3) is 6.08 Å². The van der Waals surface area contributed by atoms with Gasteiger partial charge in [-0.15, -0.1) is 0 Å². The van der Waals surface area contributed by atoms with Crippen LogP contribution in [0.1, 0.15) is 24.0 Å².